The Labute approximate surface area is 335 Å². The van der Waals surface area contributed by atoms with E-state index in [4.69, 9.17) is 4.42 Å². The molecule has 3 heteroatoms. The van der Waals surface area contributed by atoms with Crippen LogP contribution in [0.5, 0.6) is 0 Å². The molecular formula is C54H35NOS. The van der Waals surface area contributed by atoms with Crippen molar-refractivity contribution in [3.8, 4) is 44.5 Å². The number of hydrogen-bond donors (Lipinski definition) is 0. The minimum Gasteiger partial charge on any atom is -0.455 e. The molecule has 0 saturated heterocycles. The maximum atomic E-state index is 6.55. The SMILES string of the molecule is c1ccc(-c2ccccc2-c2ccccc2-c2ccccc2N(c2cccc(-c3cccc4c3oc3ccccc34)c2)c2ccc3sc4ccccc4c3c2)cc1. The first-order chi connectivity index (χ1) is 28.3. The van der Waals surface area contributed by atoms with Crippen molar-refractivity contribution >= 4 is 70.5 Å². The molecule has 0 radical (unpaired) electrons. The minimum absolute atomic E-state index is 0.899. The molecule has 2 aromatic heterocycles. The second-order valence-electron chi connectivity index (χ2n) is 14.4. The van der Waals surface area contributed by atoms with E-state index in [0.29, 0.717) is 0 Å². The Hall–Kier alpha value is -7.20. The van der Waals surface area contributed by atoms with E-state index in [1.807, 2.05) is 17.4 Å². The second kappa shape index (κ2) is 13.8. The summed E-state index contributed by atoms with van der Waals surface area (Å²) in [5.74, 6) is 0. The number of fused-ring (bicyclic) bond motifs is 6. The third-order valence-corrected chi connectivity index (χ3v) is 12.3. The summed E-state index contributed by atoms with van der Waals surface area (Å²) in [5, 5.41) is 4.79. The molecule has 0 fully saturated rings. The maximum Gasteiger partial charge on any atom is 0.143 e. The molecule has 57 heavy (non-hydrogen) atoms. The van der Waals surface area contributed by atoms with Gasteiger partial charge in [-0.05, 0) is 81.9 Å². The predicted octanol–water partition coefficient (Wildman–Crippen LogP) is 16.1. The monoisotopic (exact) mass is 745 g/mol. The van der Waals surface area contributed by atoms with E-state index in [0.717, 1.165) is 55.7 Å². The van der Waals surface area contributed by atoms with Gasteiger partial charge in [-0.15, -0.1) is 11.3 Å². The summed E-state index contributed by atoms with van der Waals surface area (Å²) in [6.07, 6.45) is 0. The van der Waals surface area contributed by atoms with Gasteiger partial charge < -0.3 is 9.32 Å². The van der Waals surface area contributed by atoms with E-state index < -0.39 is 0 Å². The Morgan fingerprint density at radius 2 is 0.895 bits per heavy atom. The van der Waals surface area contributed by atoms with Gasteiger partial charge in [0.2, 0.25) is 0 Å². The van der Waals surface area contributed by atoms with E-state index >= 15 is 0 Å². The highest BCUT2D eigenvalue weighted by molar-refractivity contribution is 7.25. The molecule has 0 spiro atoms. The summed E-state index contributed by atoms with van der Waals surface area (Å²) in [7, 11) is 0. The zero-order valence-electron chi connectivity index (χ0n) is 31.0. The number of para-hydroxylation sites is 3. The lowest BCUT2D eigenvalue weighted by molar-refractivity contribution is 0.670. The Kier molecular flexibility index (Phi) is 8.04. The van der Waals surface area contributed by atoms with Crippen LogP contribution in [-0.4, -0.2) is 0 Å². The van der Waals surface area contributed by atoms with Gasteiger partial charge in [-0.1, -0.05) is 164 Å². The number of hydrogen-bond acceptors (Lipinski definition) is 3. The Morgan fingerprint density at radius 3 is 1.74 bits per heavy atom. The number of rotatable bonds is 7. The van der Waals surface area contributed by atoms with Crippen LogP contribution in [0.25, 0.3) is 86.6 Å². The molecule has 0 atom stereocenters. The lowest BCUT2D eigenvalue weighted by Gasteiger charge is -2.29. The molecule has 0 N–H and O–H groups in total. The van der Waals surface area contributed by atoms with Crippen LogP contribution >= 0.6 is 11.3 Å². The molecular weight excluding hydrogens is 711 g/mol. The van der Waals surface area contributed by atoms with E-state index in [-0.39, 0.29) is 0 Å². The first-order valence-corrected chi connectivity index (χ1v) is 20.2. The van der Waals surface area contributed by atoms with Gasteiger partial charge in [0, 0.05) is 53.4 Å². The van der Waals surface area contributed by atoms with Crippen LogP contribution in [0, 0.1) is 0 Å². The average Bonchev–Trinajstić information content (AvgIpc) is 3.86. The van der Waals surface area contributed by atoms with Crippen LogP contribution in [0.15, 0.2) is 217 Å². The van der Waals surface area contributed by atoms with E-state index in [1.54, 1.807) is 0 Å². The molecule has 0 unspecified atom stereocenters. The molecule has 11 aromatic rings. The average molecular weight is 746 g/mol. The standard InChI is InChI=1S/C54H35NOS/c1-2-16-36(17-3-1)40-20-4-5-21-42(40)43-22-6-7-23-44(43)45-24-8-11-29-50(45)55(39-32-33-53-49(35-39)47-26-10-13-31-52(47)57-53)38-19-14-18-37(34-38)41-27-15-28-48-46-25-9-12-30-51(46)56-54(41)48/h1-35H. The van der Waals surface area contributed by atoms with Crippen LogP contribution in [0.1, 0.15) is 0 Å². The molecule has 0 aliphatic carbocycles. The van der Waals surface area contributed by atoms with Crippen molar-refractivity contribution in [1.29, 1.82) is 0 Å². The fourth-order valence-electron chi connectivity index (χ4n) is 8.50. The van der Waals surface area contributed by atoms with Gasteiger partial charge in [0.15, 0.2) is 0 Å². The van der Waals surface area contributed by atoms with Crippen molar-refractivity contribution in [1.82, 2.24) is 0 Å². The quantitative estimate of drug-likeness (QED) is 0.162. The number of nitrogens with zero attached hydrogens (tertiary/aromatic N) is 1. The van der Waals surface area contributed by atoms with Crippen molar-refractivity contribution in [3.63, 3.8) is 0 Å². The predicted molar refractivity (Wildman–Crippen MR) is 243 cm³/mol. The van der Waals surface area contributed by atoms with Gasteiger partial charge >= 0.3 is 0 Å². The highest BCUT2D eigenvalue weighted by Gasteiger charge is 2.22. The van der Waals surface area contributed by atoms with Crippen molar-refractivity contribution in [2.24, 2.45) is 0 Å². The molecule has 0 amide bonds. The lowest BCUT2D eigenvalue weighted by atomic mass is 9.88. The summed E-state index contributed by atoms with van der Waals surface area (Å²) < 4.78 is 9.12. The van der Waals surface area contributed by atoms with Gasteiger partial charge in [0.25, 0.3) is 0 Å². The van der Waals surface area contributed by atoms with Gasteiger partial charge in [-0.2, -0.15) is 0 Å². The van der Waals surface area contributed by atoms with Crippen LogP contribution in [0.4, 0.5) is 17.1 Å². The summed E-state index contributed by atoms with van der Waals surface area (Å²) in [5.41, 5.74) is 14.3. The maximum absolute atomic E-state index is 6.55. The highest BCUT2D eigenvalue weighted by Crippen LogP contribution is 2.47. The highest BCUT2D eigenvalue weighted by atomic mass is 32.1. The number of benzene rings is 9. The molecule has 2 heterocycles. The summed E-state index contributed by atoms with van der Waals surface area (Å²) >= 11 is 1.85. The number of furan rings is 1. The van der Waals surface area contributed by atoms with Crippen molar-refractivity contribution in [3.05, 3.63) is 212 Å². The van der Waals surface area contributed by atoms with Crippen LogP contribution in [0.3, 0.4) is 0 Å². The fraction of sp³-hybridized carbons (Fsp3) is 0. The molecule has 268 valence electrons. The molecule has 0 aliphatic heterocycles. The van der Waals surface area contributed by atoms with Crippen molar-refractivity contribution in [2.45, 2.75) is 0 Å². The normalized spacial score (nSPS) is 11.5. The molecule has 2 nitrogen and oxygen atoms in total. The van der Waals surface area contributed by atoms with E-state index in [2.05, 4.69) is 211 Å². The molecule has 9 aromatic carbocycles. The first-order valence-electron chi connectivity index (χ1n) is 19.3. The largest absolute Gasteiger partial charge is 0.455 e. The van der Waals surface area contributed by atoms with Crippen molar-refractivity contribution in [2.75, 3.05) is 4.90 Å². The Balaban J connectivity index is 1.14. The zero-order valence-corrected chi connectivity index (χ0v) is 31.8. The van der Waals surface area contributed by atoms with Gasteiger partial charge in [0.1, 0.15) is 11.2 Å². The molecule has 11 rings (SSSR count). The summed E-state index contributed by atoms with van der Waals surface area (Å²) in [6, 6.07) is 76.5. The third kappa shape index (κ3) is 5.71. The summed E-state index contributed by atoms with van der Waals surface area (Å²) in [4.78, 5) is 2.43. The fourth-order valence-corrected chi connectivity index (χ4v) is 9.59. The Bertz CT molecular complexity index is 3260. The topological polar surface area (TPSA) is 16.4 Å². The second-order valence-corrected chi connectivity index (χ2v) is 15.5. The van der Waals surface area contributed by atoms with Gasteiger partial charge in [-0.3, -0.25) is 0 Å². The number of anilines is 3. The lowest BCUT2D eigenvalue weighted by Crippen LogP contribution is -2.11. The first kappa shape index (κ1) is 33.2. The zero-order chi connectivity index (χ0) is 37.7. The van der Waals surface area contributed by atoms with Crippen LogP contribution < -0.4 is 4.90 Å². The van der Waals surface area contributed by atoms with Crippen LogP contribution in [0.2, 0.25) is 0 Å². The minimum atomic E-state index is 0.899. The van der Waals surface area contributed by atoms with E-state index in [1.165, 1.54) is 48.0 Å². The molecule has 0 aliphatic rings. The molecule has 0 saturated carbocycles. The number of thiophene rings is 1. The Morgan fingerprint density at radius 1 is 0.333 bits per heavy atom. The van der Waals surface area contributed by atoms with Gasteiger partial charge in [0.05, 0.1) is 5.69 Å². The third-order valence-electron chi connectivity index (χ3n) is 11.1. The van der Waals surface area contributed by atoms with Crippen LogP contribution in [-0.2, 0) is 0 Å². The van der Waals surface area contributed by atoms with Crippen molar-refractivity contribution < 1.29 is 4.42 Å². The smallest absolute Gasteiger partial charge is 0.143 e. The molecule has 0 bridgehead atoms. The summed E-state index contributed by atoms with van der Waals surface area (Å²) in [6.45, 7) is 0. The van der Waals surface area contributed by atoms with Gasteiger partial charge in [-0.25, -0.2) is 0 Å². The van der Waals surface area contributed by atoms with E-state index in [9.17, 15) is 0 Å².